The lowest BCUT2D eigenvalue weighted by atomic mass is 9.98. The summed E-state index contributed by atoms with van der Waals surface area (Å²) in [5.41, 5.74) is 7.15. The van der Waals surface area contributed by atoms with Crippen LogP contribution >= 0.6 is 11.6 Å². The van der Waals surface area contributed by atoms with E-state index < -0.39 is 6.04 Å². The number of nitrogens with two attached hydrogens (primary N) is 1. The summed E-state index contributed by atoms with van der Waals surface area (Å²) in [6.07, 6.45) is 1.46. The highest BCUT2D eigenvalue weighted by atomic mass is 35.5. The van der Waals surface area contributed by atoms with Crippen molar-refractivity contribution in [2.45, 2.75) is 6.04 Å². The molecule has 1 aliphatic heterocycles. The van der Waals surface area contributed by atoms with Gasteiger partial charge in [-0.1, -0.05) is 29.8 Å². The van der Waals surface area contributed by atoms with Crippen LogP contribution in [0, 0.1) is 11.3 Å². The molecule has 2 aromatic rings. The monoisotopic (exact) mass is 272 g/mol. The molecule has 0 radical (unpaired) electrons. The lowest BCUT2D eigenvalue weighted by Crippen LogP contribution is -2.26. The number of fused-ring (bicyclic) bond motifs is 1. The second-order valence-electron chi connectivity index (χ2n) is 4.03. The zero-order valence-corrected chi connectivity index (χ0v) is 10.5. The molecule has 3 N–H and O–H groups in total. The molecule has 1 atom stereocenters. The average molecular weight is 273 g/mol. The van der Waals surface area contributed by atoms with E-state index in [1.165, 1.54) is 10.9 Å². The maximum Gasteiger partial charge on any atom is 0.231 e. The second-order valence-corrected chi connectivity index (χ2v) is 4.44. The molecule has 1 unspecified atom stereocenters. The molecule has 94 valence electrons. The van der Waals surface area contributed by atoms with Gasteiger partial charge in [-0.25, -0.2) is 0 Å². The van der Waals surface area contributed by atoms with E-state index in [2.05, 4.69) is 21.6 Å². The van der Waals surface area contributed by atoms with Crippen LogP contribution in [0.15, 0.2) is 36.2 Å². The molecule has 1 aromatic carbocycles. The molecule has 0 spiro atoms. The Hall–Kier alpha value is -2.52. The van der Waals surface area contributed by atoms with Crippen molar-refractivity contribution in [3.8, 4) is 6.07 Å². The Morgan fingerprint density at radius 3 is 2.95 bits per heavy atom. The Balaban J connectivity index is 2.17. The molecule has 0 saturated heterocycles. The van der Waals surface area contributed by atoms with Gasteiger partial charge in [0, 0.05) is 5.02 Å². The number of anilines is 1. The maximum absolute atomic E-state index is 9.32. The molecule has 7 heteroatoms. The zero-order chi connectivity index (χ0) is 13.4. The molecule has 1 aromatic heterocycles. The minimum atomic E-state index is -0.421. The Labute approximate surface area is 114 Å². The summed E-state index contributed by atoms with van der Waals surface area (Å²) in [6.45, 7) is 0. The number of hydrogen-bond donors (Lipinski definition) is 2. The molecule has 0 amide bonds. The SMILES string of the molecule is N#CC1=C(N)n2cnnc2NC1c1ccccc1Cl. The summed E-state index contributed by atoms with van der Waals surface area (Å²) in [7, 11) is 0. The predicted octanol–water partition coefficient (Wildman–Crippen LogP) is 1.75. The van der Waals surface area contributed by atoms with Crippen molar-refractivity contribution >= 4 is 23.4 Å². The molecular weight excluding hydrogens is 264 g/mol. The third kappa shape index (κ3) is 1.72. The van der Waals surface area contributed by atoms with Crippen LogP contribution in [0.3, 0.4) is 0 Å². The van der Waals surface area contributed by atoms with Crippen LogP contribution in [0.2, 0.25) is 5.02 Å². The topological polar surface area (TPSA) is 92.5 Å². The van der Waals surface area contributed by atoms with Crippen LogP contribution < -0.4 is 11.1 Å². The van der Waals surface area contributed by atoms with Crippen molar-refractivity contribution in [3.63, 3.8) is 0 Å². The smallest absolute Gasteiger partial charge is 0.231 e. The summed E-state index contributed by atoms with van der Waals surface area (Å²) in [5, 5.41) is 20.7. The summed E-state index contributed by atoms with van der Waals surface area (Å²) < 4.78 is 1.53. The molecular formula is C12H9ClN6. The van der Waals surface area contributed by atoms with E-state index in [-0.39, 0.29) is 0 Å². The van der Waals surface area contributed by atoms with E-state index in [1.807, 2.05) is 18.2 Å². The van der Waals surface area contributed by atoms with Crippen LogP contribution in [0.5, 0.6) is 0 Å². The molecule has 3 rings (SSSR count). The fourth-order valence-electron chi connectivity index (χ4n) is 2.05. The van der Waals surface area contributed by atoms with Crippen LogP contribution in [-0.4, -0.2) is 14.8 Å². The number of rotatable bonds is 1. The normalized spacial score (nSPS) is 17.6. The molecule has 0 saturated carbocycles. The van der Waals surface area contributed by atoms with Gasteiger partial charge in [0.15, 0.2) is 0 Å². The van der Waals surface area contributed by atoms with Crippen LogP contribution in [0.1, 0.15) is 11.6 Å². The highest BCUT2D eigenvalue weighted by Gasteiger charge is 2.29. The maximum atomic E-state index is 9.32. The van der Waals surface area contributed by atoms with Gasteiger partial charge in [-0.05, 0) is 11.6 Å². The number of hydrogen-bond acceptors (Lipinski definition) is 5. The van der Waals surface area contributed by atoms with E-state index in [0.717, 1.165) is 5.56 Å². The molecule has 0 aliphatic carbocycles. The van der Waals surface area contributed by atoms with Gasteiger partial charge in [0.05, 0.1) is 11.6 Å². The van der Waals surface area contributed by atoms with Crippen LogP contribution in [0.4, 0.5) is 5.95 Å². The van der Waals surface area contributed by atoms with E-state index >= 15 is 0 Å². The third-order valence-electron chi connectivity index (χ3n) is 2.98. The minimum Gasteiger partial charge on any atom is -0.384 e. The van der Waals surface area contributed by atoms with Gasteiger partial charge in [0.25, 0.3) is 0 Å². The van der Waals surface area contributed by atoms with Gasteiger partial charge in [-0.3, -0.25) is 4.57 Å². The van der Waals surface area contributed by atoms with E-state index in [9.17, 15) is 5.26 Å². The highest BCUT2D eigenvalue weighted by Crippen LogP contribution is 2.35. The fourth-order valence-corrected chi connectivity index (χ4v) is 2.30. The third-order valence-corrected chi connectivity index (χ3v) is 3.33. The number of nitrogens with one attached hydrogen (secondary N) is 1. The second kappa shape index (κ2) is 4.30. The predicted molar refractivity (Wildman–Crippen MR) is 70.9 cm³/mol. The first-order valence-corrected chi connectivity index (χ1v) is 5.91. The summed E-state index contributed by atoms with van der Waals surface area (Å²) in [4.78, 5) is 0. The number of nitriles is 1. The van der Waals surface area contributed by atoms with Gasteiger partial charge in [-0.2, -0.15) is 5.26 Å². The first-order chi connectivity index (χ1) is 9.22. The first-order valence-electron chi connectivity index (χ1n) is 5.53. The van der Waals surface area contributed by atoms with Gasteiger partial charge >= 0.3 is 0 Å². The Morgan fingerprint density at radius 1 is 1.42 bits per heavy atom. The van der Waals surface area contributed by atoms with Crippen molar-refractivity contribution in [3.05, 3.63) is 46.8 Å². The van der Waals surface area contributed by atoms with Crippen molar-refractivity contribution in [2.75, 3.05) is 5.32 Å². The molecule has 6 nitrogen and oxygen atoms in total. The molecule has 2 heterocycles. The summed E-state index contributed by atoms with van der Waals surface area (Å²) in [6, 6.07) is 8.99. The Kier molecular flexibility index (Phi) is 2.62. The van der Waals surface area contributed by atoms with E-state index in [1.54, 1.807) is 6.07 Å². The van der Waals surface area contributed by atoms with Gasteiger partial charge in [0.2, 0.25) is 5.95 Å². The highest BCUT2D eigenvalue weighted by molar-refractivity contribution is 6.31. The van der Waals surface area contributed by atoms with E-state index in [4.69, 9.17) is 17.3 Å². The molecule has 1 aliphatic rings. The molecule has 19 heavy (non-hydrogen) atoms. The van der Waals surface area contributed by atoms with Gasteiger partial charge in [0.1, 0.15) is 18.2 Å². The Bertz CT molecular complexity index is 711. The number of halogens is 1. The Morgan fingerprint density at radius 2 is 2.21 bits per heavy atom. The number of nitrogens with zero attached hydrogens (tertiary/aromatic N) is 4. The van der Waals surface area contributed by atoms with Crippen molar-refractivity contribution in [1.82, 2.24) is 14.8 Å². The van der Waals surface area contributed by atoms with Crippen molar-refractivity contribution in [1.29, 1.82) is 5.26 Å². The van der Waals surface area contributed by atoms with Gasteiger partial charge in [-0.15, -0.1) is 10.2 Å². The summed E-state index contributed by atoms with van der Waals surface area (Å²) >= 11 is 6.17. The van der Waals surface area contributed by atoms with Crippen LogP contribution in [-0.2, 0) is 0 Å². The van der Waals surface area contributed by atoms with Gasteiger partial charge < -0.3 is 11.1 Å². The fraction of sp³-hybridized carbons (Fsp3) is 0.0833. The average Bonchev–Trinajstić information content (AvgIpc) is 2.88. The summed E-state index contributed by atoms with van der Waals surface area (Å²) in [5.74, 6) is 0.799. The quantitative estimate of drug-likeness (QED) is 0.825. The lowest BCUT2D eigenvalue weighted by molar-refractivity contribution is 0.848. The largest absolute Gasteiger partial charge is 0.384 e. The number of aromatic nitrogens is 3. The van der Waals surface area contributed by atoms with Crippen LogP contribution in [0.25, 0.3) is 5.82 Å². The zero-order valence-electron chi connectivity index (χ0n) is 9.71. The molecule has 0 fully saturated rings. The minimum absolute atomic E-state index is 0.311. The first kappa shape index (κ1) is 11.6. The number of benzene rings is 1. The van der Waals surface area contributed by atoms with E-state index in [0.29, 0.717) is 22.4 Å². The molecule has 0 bridgehead atoms. The standard InChI is InChI=1S/C12H9ClN6/c13-9-4-2-1-3-7(9)10-8(5-14)11(15)19-6-16-18-12(19)17-10/h1-4,6,10H,15H2,(H,17,18). The van der Waals surface area contributed by atoms with Crippen molar-refractivity contribution in [2.24, 2.45) is 5.73 Å². The lowest BCUT2D eigenvalue weighted by Gasteiger charge is -2.26. The van der Waals surface area contributed by atoms with Crippen molar-refractivity contribution < 1.29 is 0 Å².